The van der Waals surface area contributed by atoms with E-state index in [1.807, 2.05) is 0 Å². The summed E-state index contributed by atoms with van der Waals surface area (Å²) in [6.45, 7) is 0. The number of H-pyrrole nitrogens is 1. The van der Waals surface area contributed by atoms with Gasteiger partial charge < -0.3 is 22.9 Å². The molecule has 82 valence electrons. The fourth-order valence-electron chi connectivity index (χ4n) is 1.39. The second-order valence-corrected chi connectivity index (χ2v) is 3.46. The number of nitrogen functional groups attached to an aromatic ring is 4. The van der Waals surface area contributed by atoms with E-state index in [0.29, 0.717) is 28.6 Å². The Balaban J connectivity index is 2.59. The molecule has 0 aromatic carbocycles. The molecule has 0 atom stereocenters. The van der Waals surface area contributed by atoms with E-state index in [2.05, 4.69) is 4.98 Å². The predicted octanol–water partition coefficient (Wildman–Crippen LogP) is -0.894. The minimum Gasteiger partial charge on any atom is -0.397 e. The topological polar surface area (TPSA) is 122 Å². The van der Waals surface area contributed by atoms with Gasteiger partial charge in [0.15, 0.2) is 12.4 Å². The number of nitrogens with zero attached hydrogens (tertiary/aromatic N) is 1. The minimum absolute atomic E-state index is 0.469. The Bertz CT molecular complexity index is 537. The predicted molar refractivity (Wildman–Crippen MR) is 62.2 cm³/mol. The average molecular weight is 218 g/mol. The molecule has 0 bridgehead atoms. The van der Waals surface area contributed by atoms with Gasteiger partial charge in [-0.1, -0.05) is 0 Å². The summed E-state index contributed by atoms with van der Waals surface area (Å²) in [5, 5.41) is 0. The molecule has 0 aliphatic rings. The summed E-state index contributed by atoms with van der Waals surface area (Å²) < 4.78 is 1.73. The Morgan fingerprint density at radius 2 is 1.69 bits per heavy atom. The lowest BCUT2D eigenvalue weighted by Crippen LogP contribution is -2.38. The standard InChI is InChI=1S/C10H12N6/c11-6-2-4-16(5-8(6)13)10-9(14)7(12)1-3-15-10/h1-5,11H,13-14H2,(H2,12,15)/p+2. The summed E-state index contributed by atoms with van der Waals surface area (Å²) >= 11 is 0. The second-order valence-electron chi connectivity index (χ2n) is 3.46. The van der Waals surface area contributed by atoms with Crippen LogP contribution in [0.25, 0.3) is 5.82 Å². The van der Waals surface area contributed by atoms with Crippen LogP contribution in [0.3, 0.4) is 0 Å². The van der Waals surface area contributed by atoms with Gasteiger partial charge in [-0.3, -0.25) is 0 Å². The molecule has 2 aromatic heterocycles. The van der Waals surface area contributed by atoms with Crippen molar-refractivity contribution in [3.8, 4) is 5.82 Å². The van der Waals surface area contributed by atoms with Crippen LogP contribution in [0.5, 0.6) is 0 Å². The third-order valence-corrected chi connectivity index (χ3v) is 2.33. The van der Waals surface area contributed by atoms with Gasteiger partial charge in [0.05, 0.1) is 11.4 Å². The van der Waals surface area contributed by atoms with E-state index in [1.54, 1.807) is 35.3 Å². The molecular weight excluding hydrogens is 204 g/mol. The molecule has 0 unspecified atom stereocenters. The quantitative estimate of drug-likeness (QED) is 0.463. The number of hydrogen-bond acceptors (Lipinski definition) is 4. The zero-order valence-electron chi connectivity index (χ0n) is 8.64. The van der Waals surface area contributed by atoms with E-state index in [4.69, 9.17) is 22.9 Å². The number of nitrogens with two attached hydrogens (primary N) is 4. The molecule has 0 aliphatic heterocycles. The minimum atomic E-state index is 0.469. The summed E-state index contributed by atoms with van der Waals surface area (Å²) in [6, 6.07) is 3.39. The van der Waals surface area contributed by atoms with Gasteiger partial charge in [0, 0.05) is 12.1 Å². The highest BCUT2D eigenvalue weighted by Gasteiger charge is 2.21. The molecule has 0 fully saturated rings. The summed E-state index contributed by atoms with van der Waals surface area (Å²) in [6.07, 6.45) is 5.14. The van der Waals surface area contributed by atoms with Crippen LogP contribution in [-0.4, -0.2) is 0 Å². The van der Waals surface area contributed by atoms with Gasteiger partial charge in [0.2, 0.25) is 11.9 Å². The van der Waals surface area contributed by atoms with E-state index in [-0.39, 0.29) is 0 Å². The Hall–Kier alpha value is -2.50. The monoisotopic (exact) mass is 218 g/mol. The Kier molecular flexibility index (Phi) is 2.24. The zero-order valence-corrected chi connectivity index (χ0v) is 8.64. The normalized spacial score (nSPS) is 10.2. The van der Waals surface area contributed by atoms with Crippen LogP contribution in [0.15, 0.2) is 30.7 Å². The van der Waals surface area contributed by atoms with E-state index >= 15 is 0 Å². The molecule has 2 rings (SSSR count). The zero-order chi connectivity index (χ0) is 11.7. The Morgan fingerprint density at radius 3 is 2.38 bits per heavy atom. The maximum Gasteiger partial charge on any atom is 0.473 e. The lowest BCUT2D eigenvalue weighted by atomic mass is 10.3. The van der Waals surface area contributed by atoms with Crippen molar-refractivity contribution in [2.24, 2.45) is 0 Å². The van der Waals surface area contributed by atoms with Crippen molar-refractivity contribution in [1.29, 1.82) is 0 Å². The number of aromatic amines is 1. The number of nitrogens with one attached hydrogen (secondary N) is 1. The molecule has 0 saturated heterocycles. The largest absolute Gasteiger partial charge is 0.473 e. The first-order valence-corrected chi connectivity index (χ1v) is 4.72. The van der Waals surface area contributed by atoms with Crippen LogP contribution in [0.2, 0.25) is 0 Å². The van der Waals surface area contributed by atoms with Gasteiger partial charge in [0.1, 0.15) is 5.69 Å². The highest BCUT2D eigenvalue weighted by atomic mass is 15.1. The third kappa shape index (κ3) is 1.56. The summed E-state index contributed by atoms with van der Waals surface area (Å²) in [5.41, 5.74) is 24.9. The first-order valence-electron chi connectivity index (χ1n) is 4.72. The molecular formula is C10H14N6+2. The molecule has 16 heavy (non-hydrogen) atoms. The summed E-state index contributed by atoms with van der Waals surface area (Å²) in [7, 11) is 0. The summed E-state index contributed by atoms with van der Waals surface area (Å²) in [5.74, 6) is 0.659. The molecule has 2 aromatic rings. The van der Waals surface area contributed by atoms with Gasteiger partial charge in [0.25, 0.3) is 0 Å². The van der Waals surface area contributed by atoms with Crippen molar-refractivity contribution in [3.05, 3.63) is 30.7 Å². The van der Waals surface area contributed by atoms with Gasteiger partial charge in [-0.05, 0) is 0 Å². The molecule has 6 nitrogen and oxygen atoms in total. The van der Waals surface area contributed by atoms with Crippen molar-refractivity contribution in [3.63, 3.8) is 0 Å². The third-order valence-electron chi connectivity index (χ3n) is 2.33. The van der Waals surface area contributed by atoms with Crippen LogP contribution in [0.4, 0.5) is 22.7 Å². The van der Waals surface area contributed by atoms with Crippen LogP contribution >= 0.6 is 0 Å². The molecule has 9 N–H and O–H groups in total. The maximum atomic E-state index is 5.85. The van der Waals surface area contributed by atoms with Gasteiger partial charge in [-0.2, -0.15) is 4.98 Å². The fraction of sp³-hybridized carbons (Fsp3) is 0. The van der Waals surface area contributed by atoms with Crippen LogP contribution in [0.1, 0.15) is 0 Å². The highest BCUT2D eigenvalue weighted by molar-refractivity contribution is 5.66. The molecule has 0 aliphatic carbocycles. The molecule has 0 radical (unpaired) electrons. The van der Waals surface area contributed by atoms with Gasteiger partial charge in [-0.15, -0.1) is 4.57 Å². The Labute approximate surface area is 92.5 Å². The Morgan fingerprint density at radius 1 is 0.938 bits per heavy atom. The molecule has 0 spiro atoms. The summed E-state index contributed by atoms with van der Waals surface area (Å²) in [4.78, 5) is 3.00. The van der Waals surface area contributed by atoms with Crippen molar-refractivity contribution in [2.45, 2.75) is 0 Å². The average Bonchev–Trinajstić information content (AvgIpc) is 2.26. The van der Waals surface area contributed by atoms with E-state index < -0.39 is 0 Å². The maximum absolute atomic E-state index is 5.85. The first-order chi connectivity index (χ1) is 7.59. The van der Waals surface area contributed by atoms with Crippen LogP contribution in [-0.2, 0) is 0 Å². The van der Waals surface area contributed by atoms with Crippen molar-refractivity contribution < 1.29 is 9.55 Å². The lowest BCUT2D eigenvalue weighted by Gasteiger charge is -1.99. The van der Waals surface area contributed by atoms with E-state index in [1.165, 1.54) is 0 Å². The smallest absolute Gasteiger partial charge is 0.397 e. The molecule has 2 heterocycles. The number of rotatable bonds is 1. The van der Waals surface area contributed by atoms with Gasteiger partial charge in [-0.25, -0.2) is 0 Å². The number of hydrogen-bond donors (Lipinski definition) is 4. The highest BCUT2D eigenvalue weighted by Crippen LogP contribution is 2.16. The number of aromatic nitrogens is 2. The van der Waals surface area contributed by atoms with Crippen molar-refractivity contribution >= 4 is 22.7 Å². The molecule has 0 saturated carbocycles. The van der Waals surface area contributed by atoms with E-state index in [0.717, 1.165) is 0 Å². The number of pyridine rings is 2. The first kappa shape index (κ1) is 10.0. The second kappa shape index (κ2) is 3.58. The van der Waals surface area contributed by atoms with Crippen molar-refractivity contribution in [1.82, 2.24) is 0 Å². The van der Waals surface area contributed by atoms with Crippen molar-refractivity contribution in [2.75, 3.05) is 22.9 Å². The molecule has 0 amide bonds. The fourth-order valence-corrected chi connectivity index (χ4v) is 1.39. The number of anilines is 4. The SMILES string of the molecule is Nc1cc[n+](-c2[nH+]ccc(N)c2N)cc1N. The van der Waals surface area contributed by atoms with E-state index in [9.17, 15) is 0 Å². The van der Waals surface area contributed by atoms with Crippen LogP contribution < -0.4 is 32.5 Å². The lowest BCUT2D eigenvalue weighted by molar-refractivity contribution is -0.670. The van der Waals surface area contributed by atoms with Crippen LogP contribution in [0, 0.1) is 0 Å². The van der Waals surface area contributed by atoms with Gasteiger partial charge >= 0.3 is 5.82 Å². The molecule has 6 heteroatoms.